The Balaban J connectivity index is 1.81. The van der Waals surface area contributed by atoms with Crippen LogP contribution in [0.1, 0.15) is 0 Å². The molecule has 154 valence electrons. The number of aliphatic hydroxyl groups excluding tert-OH is 1. The van der Waals surface area contributed by atoms with E-state index in [2.05, 4.69) is 15.5 Å². The number of methoxy groups -OCH3 is 1. The predicted octanol–water partition coefficient (Wildman–Crippen LogP) is 3.37. The van der Waals surface area contributed by atoms with Crippen molar-refractivity contribution in [2.24, 2.45) is 0 Å². The largest absolute Gasteiger partial charge is 0.383 e. The lowest BCUT2D eigenvalue weighted by Gasteiger charge is -2.12. The molecule has 0 aliphatic heterocycles. The Labute approximate surface area is 179 Å². The minimum Gasteiger partial charge on any atom is -0.383 e. The number of ether oxygens (including phenoxy) is 1. The smallest absolute Gasteiger partial charge is 0.182 e. The molecule has 8 heteroatoms. The van der Waals surface area contributed by atoms with Gasteiger partial charge in [-0.25, -0.2) is 4.68 Å². The van der Waals surface area contributed by atoms with Crippen molar-refractivity contribution >= 4 is 22.6 Å². The fourth-order valence-electron chi connectivity index (χ4n) is 3.28. The molecule has 0 fully saturated rings. The van der Waals surface area contributed by atoms with E-state index in [-0.39, 0.29) is 6.54 Å². The third kappa shape index (κ3) is 4.20. The lowest BCUT2D eigenvalue weighted by Crippen LogP contribution is -2.35. The van der Waals surface area contributed by atoms with Crippen LogP contribution in [-0.2, 0) is 11.3 Å². The van der Waals surface area contributed by atoms with Gasteiger partial charge in [0.1, 0.15) is 17.6 Å². The number of halogens is 1. The highest BCUT2D eigenvalue weighted by molar-refractivity contribution is 6.38. The van der Waals surface area contributed by atoms with Crippen LogP contribution in [0.3, 0.4) is 0 Å². The van der Waals surface area contributed by atoms with Crippen molar-refractivity contribution in [3.8, 4) is 22.5 Å². The molecule has 0 bridgehead atoms. The number of hydrogen-bond acceptors (Lipinski definition) is 6. The molecule has 2 aromatic carbocycles. The number of fused-ring (bicyclic) bond motifs is 1. The van der Waals surface area contributed by atoms with Gasteiger partial charge in [0.2, 0.25) is 0 Å². The Hall–Kier alpha value is -2.84. The van der Waals surface area contributed by atoms with Crippen LogP contribution in [0.25, 0.3) is 33.5 Å². The average Bonchev–Trinajstić information content (AvgIpc) is 3.14. The Kier molecular flexibility index (Phi) is 6.35. The monoisotopic (exact) mass is 423 g/mol. The summed E-state index contributed by atoms with van der Waals surface area (Å²) >= 11 is 6.83. The van der Waals surface area contributed by atoms with E-state index in [1.165, 1.54) is 0 Å². The van der Waals surface area contributed by atoms with Crippen molar-refractivity contribution in [1.29, 1.82) is 0 Å². The second-order valence-electron chi connectivity index (χ2n) is 6.79. The van der Waals surface area contributed by atoms with E-state index < -0.39 is 6.23 Å². The summed E-state index contributed by atoms with van der Waals surface area (Å²) in [5, 5.41) is 28.0. The maximum absolute atomic E-state index is 10.4. The zero-order valence-electron chi connectivity index (χ0n) is 16.5. The van der Waals surface area contributed by atoms with Crippen molar-refractivity contribution in [1.82, 2.24) is 25.3 Å². The van der Waals surface area contributed by atoms with Crippen molar-refractivity contribution in [3.63, 3.8) is 0 Å². The van der Waals surface area contributed by atoms with Gasteiger partial charge in [-0.1, -0.05) is 72.3 Å². The Morgan fingerprint density at radius 2 is 1.63 bits per heavy atom. The quantitative estimate of drug-likeness (QED) is 0.334. The number of aromatic nitrogens is 4. The van der Waals surface area contributed by atoms with Gasteiger partial charge in [-0.15, -0.1) is 10.2 Å². The molecule has 2 N–H and O–H groups in total. The highest BCUT2D eigenvalue weighted by Crippen LogP contribution is 2.37. The first kappa shape index (κ1) is 20.4. The van der Waals surface area contributed by atoms with Crippen molar-refractivity contribution in [2.45, 2.75) is 12.8 Å². The Morgan fingerprint density at radius 1 is 1.00 bits per heavy atom. The highest BCUT2D eigenvalue weighted by atomic mass is 35.5. The molecule has 4 aromatic rings. The van der Waals surface area contributed by atoms with Gasteiger partial charge in [0.05, 0.1) is 23.6 Å². The molecule has 0 saturated carbocycles. The maximum atomic E-state index is 10.4. The first-order chi connectivity index (χ1) is 14.7. The van der Waals surface area contributed by atoms with Crippen LogP contribution in [0.4, 0.5) is 0 Å². The van der Waals surface area contributed by atoms with Crippen molar-refractivity contribution in [2.75, 3.05) is 20.3 Å². The maximum Gasteiger partial charge on any atom is 0.182 e. The topological polar surface area (TPSA) is 85.1 Å². The molecule has 0 spiro atoms. The molecular weight excluding hydrogens is 402 g/mol. The molecule has 4 rings (SSSR count). The standard InChI is InChI=1S/C22H22ClN5O2/c1-30-13-12-24-17(29)14-28-22-18(20(27-28)15-8-4-2-5-9-15)19(23)21(25-26-22)16-10-6-3-7-11-16/h2-11,17,24,29H,12-14H2,1H3. The van der Waals surface area contributed by atoms with Crippen molar-refractivity contribution < 1.29 is 9.84 Å². The van der Waals surface area contributed by atoms with Gasteiger partial charge in [-0.3, -0.25) is 5.32 Å². The molecule has 1 atom stereocenters. The normalized spacial score (nSPS) is 12.4. The van der Waals surface area contributed by atoms with Crippen LogP contribution in [-0.4, -0.2) is 51.6 Å². The fraction of sp³-hybridized carbons (Fsp3) is 0.227. The van der Waals surface area contributed by atoms with Crippen LogP contribution in [0.2, 0.25) is 5.02 Å². The summed E-state index contributed by atoms with van der Waals surface area (Å²) in [4.78, 5) is 0. The van der Waals surface area contributed by atoms with E-state index in [0.717, 1.165) is 11.1 Å². The van der Waals surface area contributed by atoms with Crippen LogP contribution < -0.4 is 5.32 Å². The number of nitrogens with one attached hydrogen (secondary N) is 1. The number of rotatable bonds is 8. The van der Waals surface area contributed by atoms with Crippen LogP contribution in [0.15, 0.2) is 60.7 Å². The zero-order valence-corrected chi connectivity index (χ0v) is 17.3. The summed E-state index contributed by atoms with van der Waals surface area (Å²) < 4.78 is 6.64. The lowest BCUT2D eigenvalue weighted by molar-refractivity contribution is 0.101. The third-order valence-electron chi connectivity index (χ3n) is 4.72. The zero-order chi connectivity index (χ0) is 20.9. The number of nitrogens with zero attached hydrogens (tertiary/aromatic N) is 4. The molecule has 0 amide bonds. The number of aliphatic hydroxyl groups is 1. The van der Waals surface area contributed by atoms with Gasteiger partial charge in [0.15, 0.2) is 5.65 Å². The van der Waals surface area contributed by atoms with E-state index in [0.29, 0.717) is 40.6 Å². The predicted molar refractivity (Wildman–Crippen MR) is 117 cm³/mol. The minimum absolute atomic E-state index is 0.197. The molecule has 30 heavy (non-hydrogen) atoms. The lowest BCUT2D eigenvalue weighted by atomic mass is 10.1. The van der Waals surface area contributed by atoms with E-state index >= 15 is 0 Å². The molecule has 0 aliphatic carbocycles. The molecule has 1 unspecified atom stereocenters. The Morgan fingerprint density at radius 3 is 2.27 bits per heavy atom. The van der Waals surface area contributed by atoms with Gasteiger partial charge in [-0.2, -0.15) is 5.10 Å². The molecule has 2 aromatic heterocycles. The summed E-state index contributed by atoms with van der Waals surface area (Å²) in [5.41, 5.74) is 3.61. The molecule has 2 heterocycles. The van der Waals surface area contributed by atoms with Crippen LogP contribution in [0, 0.1) is 0 Å². The van der Waals surface area contributed by atoms with Gasteiger partial charge >= 0.3 is 0 Å². The number of benzene rings is 2. The van der Waals surface area contributed by atoms with E-state index in [1.54, 1.807) is 11.8 Å². The van der Waals surface area contributed by atoms with Gasteiger partial charge in [-0.05, 0) is 0 Å². The highest BCUT2D eigenvalue weighted by Gasteiger charge is 2.22. The minimum atomic E-state index is -0.818. The average molecular weight is 424 g/mol. The fourth-order valence-corrected chi connectivity index (χ4v) is 3.60. The summed E-state index contributed by atoms with van der Waals surface area (Å²) in [6, 6.07) is 19.5. The first-order valence-electron chi connectivity index (χ1n) is 9.63. The molecule has 0 aliphatic rings. The molecule has 0 saturated heterocycles. The SMILES string of the molecule is COCCNC(O)Cn1nc(-c2ccccc2)c2c(Cl)c(-c3ccccc3)nnc21. The molecular formula is C22H22ClN5O2. The third-order valence-corrected chi connectivity index (χ3v) is 5.09. The van der Waals surface area contributed by atoms with Gasteiger partial charge < -0.3 is 9.84 Å². The summed E-state index contributed by atoms with van der Waals surface area (Å²) in [5.74, 6) is 0. The van der Waals surface area contributed by atoms with E-state index in [4.69, 9.17) is 21.4 Å². The van der Waals surface area contributed by atoms with Gasteiger partial charge in [0.25, 0.3) is 0 Å². The van der Waals surface area contributed by atoms with Gasteiger partial charge in [0, 0.05) is 24.8 Å². The second-order valence-corrected chi connectivity index (χ2v) is 7.16. The summed E-state index contributed by atoms with van der Waals surface area (Å²) in [7, 11) is 1.61. The molecule has 0 radical (unpaired) electrons. The van der Waals surface area contributed by atoms with Crippen LogP contribution >= 0.6 is 11.6 Å². The summed E-state index contributed by atoms with van der Waals surface area (Å²) in [6.45, 7) is 1.22. The summed E-state index contributed by atoms with van der Waals surface area (Å²) in [6.07, 6.45) is -0.818. The van der Waals surface area contributed by atoms with E-state index in [1.807, 2.05) is 60.7 Å². The molecule has 7 nitrogen and oxygen atoms in total. The Bertz CT molecular complexity index is 1120. The van der Waals surface area contributed by atoms with Crippen molar-refractivity contribution in [3.05, 3.63) is 65.7 Å². The number of hydrogen-bond donors (Lipinski definition) is 2. The van der Waals surface area contributed by atoms with E-state index in [9.17, 15) is 5.11 Å². The first-order valence-corrected chi connectivity index (χ1v) is 10.0. The van der Waals surface area contributed by atoms with Crippen LogP contribution in [0.5, 0.6) is 0 Å². The second kappa shape index (κ2) is 9.32.